The number of imidazole rings is 1. The first-order chi connectivity index (χ1) is 11.2. The van der Waals surface area contributed by atoms with Gasteiger partial charge in [0.05, 0.1) is 31.7 Å². The molecule has 0 bridgehead atoms. The smallest absolute Gasteiger partial charge is 0.167 e. The van der Waals surface area contributed by atoms with Gasteiger partial charge in [0.15, 0.2) is 17.0 Å². The van der Waals surface area contributed by atoms with E-state index in [1.54, 1.807) is 17.0 Å². The molecule has 0 amide bonds. The Bertz CT molecular complexity index is 691. The van der Waals surface area contributed by atoms with Gasteiger partial charge in [0.25, 0.3) is 0 Å². The van der Waals surface area contributed by atoms with Crippen molar-refractivity contribution in [2.24, 2.45) is 0 Å². The minimum Gasteiger partial charge on any atom is -0.394 e. The summed E-state index contributed by atoms with van der Waals surface area (Å²) in [4.78, 5) is 12.7. The monoisotopic (exact) mass is 321 g/mol. The highest BCUT2D eigenvalue weighted by atomic mass is 16.5. The lowest BCUT2D eigenvalue weighted by atomic mass is 10.2. The van der Waals surface area contributed by atoms with Gasteiger partial charge in [-0.1, -0.05) is 6.08 Å². The normalized spacial score (nSPS) is 25.6. The van der Waals surface area contributed by atoms with Crippen molar-refractivity contribution in [3.8, 4) is 0 Å². The molecule has 1 fully saturated rings. The standard InChI is InChI=1S/C14H19N5O4/c1-2-8(4-20)18-13-12-14(16-6-15-13)19(7-17-12)11-3-9(22)10(5-21)23-11/h2,6-11,20-22H,1,3-5H2,(H,15,16,18)/t8-,9+,10-,11-/m1/s1. The number of anilines is 1. The van der Waals surface area contributed by atoms with Crippen LogP contribution in [0.3, 0.4) is 0 Å². The fourth-order valence-electron chi connectivity index (χ4n) is 2.57. The lowest BCUT2D eigenvalue weighted by Crippen LogP contribution is -2.24. The van der Waals surface area contributed by atoms with Crippen LogP contribution in [0.1, 0.15) is 12.6 Å². The zero-order chi connectivity index (χ0) is 16.4. The third-order valence-corrected chi connectivity index (χ3v) is 3.86. The largest absolute Gasteiger partial charge is 0.394 e. The van der Waals surface area contributed by atoms with Gasteiger partial charge in [0.1, 0.15) is 18.7 Å². The summed E-state index contributed by atoms with van der Waals surface area (Å²) in [6, 6.07) is -0.346. The summed E-state index contributed by atoms with van der Waals surface area (Å²) in [5.74, 6) is 0.477. The van der Waals surface area contributed by atoms with E-state index in [9.17, 15) is 15.3 Å². The molecule has 9 nitrogen and oxygen atoms in total. The molecule has 0 spiro atoms. The van der Waals surface area contributed by atoms with Crippen LogP contribution in [0.25, 0.3) is 11.2 Å². The molecule has 4 atom stereocenters. The Morgan fingerprint density at radius 3 is 2.91 bits per heavy atom. The average Bonchev–Trinajstić information content (AvgIpc) is 3.16. The van der Waals surface area contributed by atoms with Gasteiger partial charge in [0.2, 0.25) is 0 Å². The number of hydrogen-bond donors (Lipinski definition) is 4. The number of rotatable bonds is 6. The molecular formula is C14H19N5O4. The van der Waals surface area contributed by atoms with Crippen molar-refractivity contribution in [1.29, 1.82) is 0 Å². The highest BCUT2D eigenvalue weighted by Gasteiger charge is 2.35. The fraction of sp³-hybridized carbons (Fsp3) is 0.500. The van der Waals surface area contributed by atoms with Crippen LogP contribution in [-0.4, -0.2) is 66.3 Å². The first kappa shape index (κ1) is 15.8. The van der Waals surface area contributed by atoms with Gasteiger partial charge < -0.3 is 25.4 Å². The number of aliphatic hydroxyl groups is 3. The van der Waals surface area contributed by atoms with Crippen molar-refractivity contribution < 1.29 is 20.1 Å². The lowest BCUT2D eigenvalue weighted by Gasteiger charge is -2.14. The zero-order valence-corrected chi connectivity index (χ0v) is 12.4. The summed E-state index contributed by atoms with van der Waals surface area (Å²) in [6.45, 7) is 3.27. The van der Waals surface area contributed by atoms with Crippen LogP contribution < -0.4 is 5.32 Å². The quantitative estimate of drug-likeness (QED) is 0.521. The van der Waals surface area contributed by atoms with Gasteiger partial charge in [-0.2, -0.15) is 0 Å². The van der Waals surface area contributed by atoms with Gasteiger partial charge >= 0.3 is 0 Å². The van der Waals surface area contributed by atoms with E-state index in [2.05, 4.69) is 26.8 Å². The summed E-state index contributed by atoms with van der Waals surface area (Å²) in [7, 11) is 0. The molecule has 2 aromatic rings. The van der Waals surface area contributed by atoms with Crippen LogP contribution >= 0.6 is 0 Å². The maximum atomic E-state index is 9.86. The van der Waals surface area contributed by atoms with Crippen molar-refractivity contribution in [1.82, 2.24) is 19.5 Å². The summed E-state index contributed by atoms with van der Waals surface area (Å²) in [5.41, 5.74) is 1.07. The predicted molar refractivity (Wildman–Crippen MR) is 81.6 cm³/mol. The Kier molecular flexibility index (Phi) is 4.53. The Balaban J connectivity index is 1.91. The predicted octanol–water partition coefficient (Wildman–Crippen LogP) is -0.574. The average molecular weight is 321 g/mol. The SMILES string of the molecule is C=C[C@H](CO)Nc1ncnc2c1ncn2[C@H]1C[C@H](O)[C@@H](CO)O1. The molecule has 3 rings (SSSR count). The molecule has 23 heavy (non-hydrogen) atoms. The van der Waals surface area contributed by atoms with Gasteiger partial charge in [-0.15, -0.1) is 6.58 Å². The van der Waals surface area contributed by atoms with E-state index in [-0.39, 0.29) is 19.3 Å². The molecule has 0 aromatic carbocycles. The molecule has 124 valence electrons. The number of aromatic nitrogens is 4. The summed E-state index contributed by atoms with van der Waals surface area (Å²) >= 11 is 0. The van der Waals surface area contributed by atoms with E-state index in [1.165, 1.54) is 6.33 Å². The number of aliphatic hydroxyl groups excluding tert-OH is 3. The molecule has 0 saturated carbocycles. The van der Waals surface area contributed by atoms with Crippen molar-refractivity contribution >= 4 is 17.0 Å². The summed E-state index contributed by atoms with van der Waals surface area (Å²) < 4.78 is 7.32. The highest BCUT2D eigenvalue weighted by molar-refractivity contribution is 5.82. The molecule has 1 saturated heterocycles. The number of nitrogens with zero attached hydrogens (tertiary/aromatic N) is 4. The highest BCUT2D eigenvalue weighted by Crippen LogP contribution is 2.31. The van der Waals surface area contributed by atoms with Crippen LogP contribution in [0, 0.1) is 0 Å². The minimum absolute atomic E-state index is 0.119. The van der Waals surface area contributed by atoms with Crippen LogP contribution in [0.2, 0.25) is 0 Å². The van der Waals surface area contributed by atoms with Crippen LogP contribution in [0.4, 0.5) is 5.82 Å². The molecule has 3 heterocycles. The maximum Gasteiger partial charge on any atom is 0.167 e. The van der Waals surface area contributed by atoms with Crippen molar-refractivity contribution in [3.63, 3.8) is 0 Å². The molecule has 0 aliphatic carbocycles. The Hall–Kier alpha value is -2.07. The Morgan fingerprint density at radius 1 is 1.43 bits per heavy atom. The Labute approximate surface area is 132 Å². The third kappa shape index (κ3) is 2.91. The number of ether oxygens (including phenoxy) is 1. The lowest BCUT2D eigenvalue weighted by molar-refractivity contribution is -0.0432. The summed E-state index contributed by atoms with van der Waals surface area (Å²) in [5, 5.41) is 31.3. The molecular weight excluding hydrogens is 302 g/mol. The molecule has 0 radical (unpaired) electrons. The van der Waals surface area contributed by atoms with Crippen LogP contribution in [-0.2, 0) is 4.74 Å². The van der Waals surface area contributed by atoms with Crippen molar-refractivity contribution in [2.75, 3.05) is 18.5 Å². The van der Waals surface area contributed by atoms with Crippen molar-refractivity contribution in [2.45, 2.75) is 30.9 Å². The van der Waals surface area contributed by atoms with E-state index >= 15 is 0 Å². The molecule has 2 aromatic heterocycles. The Morgan fingerprint density at radius 2 is 2.26 bits per heavy atom. The topological polar surface area (TPSA) is 126 Å². The van der Waals surface area contributed by atoms with E-state index < -0.39 is 18.4 Å². The molecule has 1 aliphatic heterocycles. The second-order valence-electron chi connectivity index (χ2n) is 5.33. The molecule has 1 aliphatic rings. The second kappa shape index (κ2) is 6.59. The summed E-state index contributed by atoms with van der Waals surface area (Å²) in [6.07, 6.45) is 3.06. The maximum absolute atomic E-state index is 9.86. The molecule has 4 N–H and O–H groups in total. The minimum atomic E-state index is -0.735. The van der Waals surface area contributed by atoms with E-state index in [0.717, 1.165) is 0 Å². The van der Waals surface area contributed by atoms with Gasteiger partial charge in [0, 0.05) is 6.42 Å². The first-order valence-corrected chi connectivity index (χ1v) is 7.29. The van der Waals surface area contributed by atoms with Crippen molar-refractivity contribution in [3.05, 3.63) is 25.3 Å². The van der Waals surface area contributed by atoms with Gasteiger partial charge in [-0.25, -0.2) is 15.0 Å². The van der Waals surface area contributed by atoms with E-state index in [4.69, 9.17) is 4.74 Å². The van der Waals surface area contributed by atoms with Crippen LogP contribution in [0.5, 0.6) is 0 Å². The first-order valence-electron chi connectivity index (χ1n) is 7.29. The second-order valence-corrected chi connectivity index (χ2v) is 5.33. The third-order valence-electron chi connectivity index (χ3n) is 3.86. The van der Waals surface area contributed by atoms with Crippen LogP contribution in [0.15, 0.2) is 25.3 Å². The molecule has 9 heteroatoms. The number of fused-ring (bicyclic) bond motifs is 1. The van der Waals surface area contributed by atoms with Gasteiger partial charge in [-0.05, 0) is 0 Å². The number of nitrogens with one attached hydrogen (secondary N) is 1. The van der Waals surface area contributed by atoms with E-state index in [0.29, 0.717) is 23.4 Å². The fourth-order valence-corrected chi connectivity index (χ4v) is 2.57. The van der Waals surface area contributed by atoms with Gasteiger partial charge in [-0.3, -0.25) is 4.57 Å². The zero-order valence-electron chi connectivity index (χ0n) is 12.4. The molecule has 0 unspecified atom stereocenters. The van der Waals surface area contributed by atoms with E-state index in [1.807, 2.05) is 0 Å². The number of hydrogen-bond acceptors (Lipinski definition) is 8.